The van der Waals surface area contributed by atoms with Crippen LogP contribution in [0.1, 0.15) is 60.9 Å². The lowest BCUT2D eigenvalue weighted by Crippen LogP contribution is -2.46. The summed E-state index contributed by atoms with van der Waals surface area (Å²) in [7, 11) is 0. The van der Waals surface area contributed by atoms with Gasteiger partial charge in [0.2, 0.25) is 0 Å². The summed E-state index contributed by atoms with van der Waals surface area (Å²) in [4.78, 5) is 35.6. The van der Waals surface area contributed by atoms with E-state index in [1.807, 2.05) is 6.07 Å². The Bertz CT molecular complexity index is 813. The molecular formula is C21H19NO4. The first-order valence-electron chi connectivity index (χ1n) is 8.79. The topological polar surface area (TPSA) is 84.2 Å². The molecular weight excluding hydrogens is 330 g/mol. The fourth-order valence-electron chi connectivity index (χ4n) is 3.67. The Morgan fingerprint density at radius 1 is 1.19 bits per heavy atom. The van der Waals surface area contributed by atoms with Crippen molar-refractivity contribution < 1.29 is 19.1 Å². The molecule has 5 heteroatoms. The number of hydrogen-bond donors (Lipinski definition) is 0. The summed E-state index contributed by atoms with van der Waals surface area (Å²) in [6.07, 6.45) is 3.72. The molecule has 132 valence electrons. The van der Waals surface area contributed by atoms with Gasteiger partial charge in [0, 0.05) is 17.0 Å². The molecule has 3 rings (SSSR count). The van der Waals surface area contributed by atoms with Crippen molar-refractivity contribution in [3.05, 3.63) is 35.4 Å². The van der Waals surface area contributed by atoms with E-state index < -0.39 is 11.6 Å². The minimum absolute atomic E-state index is 0.0830. The van der Waals surface area contributed by atoms with E-state index in [9.17, 15) is 14.4 Å². The normalized spacial score (nSPS) is 22.9. The second-order valence-corrected chi connectivity index (χ2v) is 6.82. The Balaban J connectivity index is 1.86. The lowest BCUT2D eigenvalue weighted by atomic mass is 9.80. The van der Waals surface area contributed by atoms with E-state index in [-0.39, 0.29) is 36.7 Å². The van der Waals surface area contributed by atoms with Crippen LogP contribution in [-0.4, -0.2) is 23.1 Å². The molecule has 1 saturated carbocycles. The summed E-state index contributed by atoms with van der Waals surface area (Å²) in [6.45, 7) is 0. The molecule has 1 aromatic rings. The highest BCUT2D eigenvalue weighted by molar-refractivity contribution is 5.99. The molecule has 0 bridgehead atoms. The molecule has 0 amide bonds. The first kappa shape index (κ1) is 17.9. The second kappa shape index (κ2) is 7.54. The van der Waals surface area contributed by atoms with Crippen LogP contribution in [0.5, 0.6) is 0 Å². The van der Waals surface area contributed by atoms with Gasteiger partial charge in [-0.2, -0.15) is 5.26 Å². The quantitative estimate of drug-likeness (QED) is 0.362. The standard InChI is InChI=1S/C21H19NO4/c22-12-10-19(24)16-7-5-15(6-8-16)9-11-21(17-3-1-2-4-17)14-18(23)13-20(25)26-21/h5-8,17H,1-4,10,13-14H2. The van der Waals surface area contributed by atoms with E-state index in [1.54, 1.807) is 24.3 Å². The Morgan fingerprint density at radius 3 is 2.50 bits per heavy atom. The average Bonchev–Trinajstić information content (AvgIpc) is 3.15. The minimum Gasteiger partial charge on any atom is -0.445 e. The minimum atomic E-state index is -1.03. The summed E-state index contributed by atoms with van der Waals surface area (Å²) < 4.78 is 5.62. The Kier molecular flexibility index (Phi) is 5.19. The summed E-state index contributed by atoms with van der Waals surface area (Å²) in [6, 6.07) is 8.49. The van der Waals surface area contributed by atoms with Crippen molar-refractivity contribution >= 4 is 17.5 Å². The molecule has 1 aromatic carbocycles. The molecule has 5 nitrogen and oxygen atoms in total. The molecule has 0 radical (unpaired) electrons. The van der Waals surface area contributed by atoms with Crippen molar-refractivity contribution in [3.63, 3.8) is 0 Å². The van der Waals surface area contributed by atoms with Gasteiger partial charge in [0.05, 0.1) is 18.9 Å². The number of esters is 1. The molecule has 1 aliphatic carbocycles. The van der Waals surface area contributed by atoms with Gasteiger partial charge in [-0.25, -0.2) is 0 Å². The maximum atomic E-state index is 12.0. The number of ketones is 2. The molecule has 2 aliphatic rings. The molecule has 2 fully saturated rings. The third-order valence-corrected chi connectivity index (χ3v) is 4.98. The van der Waals surface area contributed by atoms with Crippen LogP contribution in [0.25, 0.3) is 0 Å². The summed E-state index contributed by atoms with van der Waals surface area (Å²) in [5.41, 5.74) is 0.102. The van der Waals surface area contributed by atoms with Gasteiger partial charge in [-0.1, -0.05) is 30.9 Å². The SMILES string of the molecule is N#CCC(=O)c1ccc(C#CC2(C3CCCC3)CC(=O)CC(=O)O2)cc1. The average molecular weight is 349 g/mol. The Hall–Kier alpha value is -2.92. The zero-order valence-electron chi connectivity index (χ0n) is 14.4. The van der Waals surface area contributed by atoms with Crippen molar-refractivity contribution in [1.29, 1.82) is 5.26 Å². The van der Waals surface area contributed by atoms with Crippen LogP contribution in [0, 0.1) is 29.1 Å². The van der Waals surface area contributed by atoms with Gasteiger partial charge >= 0.3 is 5.97 Å². The van der Waals surface area contributed by atoms with E-state index >= 15 is 0 Å². The number of rotatable bonds is 3. The zero-order valence-corrected chi connectivity index (χ0v) is 14.4. The van der Waals surface area contributed by atoms with Gasteiger partial charge in [-0.3, -0.25) is 14.4 Å². The monoisotopic (exact) mass is 349 g/mol. The van der Waals surface area contributed by atoms with E-state index in [2.05, 4.69) is 11.8 Å². The van der Waals surface area contributed by atoms with Gasteiger partial charge in [0.15, 0.2) is 11.4 Å². The number of benzene rings is 1. The van der Waals surface area contributed by atoms with Gasteiger partial charge in [0.1, 0.15) is 12.2 Å². The van der Waals surface area contributed by atoms with E-state index in [4.69, 9.17) is 10.00 Å². The van der Waals surface area contributed by atoms with Crippen LogP contribution in [0.3, 0.4) is 0 Å². The predicted octanol–water partition coefficient (Wildman–Crippen LogP) is 2.97. The molecule has 0 spiro atoms. The number of Topliss-reactive ketones (excluding diaryl/α,β-unsaturated/α-hetero) is 2. The first-order chi connectivity index (χ1) is 12.5. The molecule has 1 heterocycles. The van der Waals surface area contributed by atoms with Gasteiger partial charge in [0.25, 0.3) is 0 Å². The van der Waals surface area contributed by atoms with Gasteiger partial charge < -0.3 is 4.74 Å². The lowest BCUT2D eigenvalue weighted by Gasteiger charge is -2.36. The lowest BCUT2D eigenvalue weighted by molar-refractivity contribution is -0.168. The van der Waals surface area contributed by atoms with Crippen LogP contribution >= 0.6 is 0 Å². The van der Waals surface area contributed by atoms with Gasteiger partial charge in [-0.15, -0.1) is 0 Å². The van der Waals surface area contributed by atoms with Crippen LogP contribution in [-0.2, 0) is 14.3 Å². The number of cyclic esters (lactones) is 1. The van der Waals surface area contributed by atoms with E-state index in [0.29, 0.717) is 11.1 Å². The molecule has 26 heavy (non-hydrogen) atoms. The summed E-state index contributed by atoms with van der Waals surface area (Å²) in [5, 5.41) is 8.59. The highest BCUT2D eigenvalue weighted by Crippen LogP contribution is 2.40. The highest BCUT2D eigenvalue weighted by atomic mass is 16.6. The Labute approximate surface area is 152 Å². The van der Waals surface area contributed by atoms with Crippen LogP contribution in [0.2, 0.25) is 0 Å². The fourth-order valence-corrected chi connectivity index (χ4v) is 3.67. The largest absolute Gasteiger partial charge is 0.445 e. The van der Waals surface area contributed by atoms with Crippen molar-refractivity contribution in [2.24, 2.45) is 5.92 Å². The molecule has 1 unspecified atom stereocenters. The molecule has 0 aromatic heterocycles. The highest BCUT2D eigenvalue weighted by Gasteiger charge is 2.47. The van der Waals surface area contributed by atoms with Crippen LogP contribution in [0.15, 0.2) is 24.3 Å². The summed E-state index contributed by atoms with van der Waals surface area (Å²) in [5.74, 6) is 5.32. The van der Waals surface area contributed by atoms with Crippen LogP contribution in [0.4, 0.5) is 0 Å². The zero-order chi connectivity index (χ0) is 18.6. The van der Waals surface area contributed by atoms with Crippen molar-refractivity contribution in [1.82, 2.24) is 0 Å². The third kappa shape index (κ3) is 3.83. The molecule has 1 atom stereocenters. The number of nitrogens with zero attached hydrogens (tertiary/aromatic N) is 1. The summed E-state index contributed by atoms with van der Waals surface area (Å²) >= 11 is 0. The predicted molar refractivity (Wildman–Crippen MR) is 92.9 cm³/mol. The molecule has 1 aliphatic heterocycles. The van der Waals surface area contributed by atoms with E-state index in [0.717, 1.165) is 25.7 Å². The number of hydrogen-bond acceptors (Lipinski definition) is 5. The fraction of sp³-hybridized carbons (Fsp3) is 0.429. The number of carbonyl (C=O) groups is 3. The number of nitriles is 1. The van der Waals surface area contributed by atoms with Crippen molar-refractivity contribution in [2.75, 3.05) is 0 Å². The number of ether oxygens (including phenoxy) is 1. The number of carbonyl (C=O) groups excluding carboxylic acids is 3. The van der Waals surface area contributed by atoms with E-state index in [1.165, 1.54) is 0 Å². The Morgan fingerprint density at radius 2 is 1.88 bits per heavy atom. The maximum Gasteiger partial charge on any atom is 0.314 e. The van der Waals surface area contributed by atoms with Crippen molar-refractivity contribution in [3.8, 4) is 17.9 Å². The van der Waals surface area contributed by atoms with Crippen LogP contribution < -0.4 is 0 Å². The second-order valence-electron chi connectivity index (χ2n) is 6.82. The molecule has 0 N–H and O–H groups in total. The maximum absolute atomic E-state index is 12.0. The smallest absolute Gasteiger partial charge is 0.314 e. The third-order valence-electron chi connectivity index (χ3n) is 4.98. The first-order valence-corrected chi connectivity index (χ1v) is 8.79. The van der Waals surface area contributed by atoms with Gasteiger partial charge in [-0.05, 0) is 30.9 Å². The van der Waals surface area contributed by atoms with Crippen molar-refractivity contribution in [2.45, 2.75) is 50.5 Å². The molecule has 1 saturated heterocycles.